The van der Waals surface area contributed by atoms with E-state index in [2.05, 4.69) is 33.0 Å². The zero-order valence-corrected chi connectivity index (χ0v) is 10.7. The number of carboxylic acids is 1. The molecule has 0 radical (unpaired) electrons. The molecule has 2 saturated carbocycles. The van der Waals surface area contributed by atoms with E-state index in [1.165, 1.54) is 0 Å². The zero-order valence-electron chi connectivity index (χ0n) is 10.7. The summed E-state index contributed by atoms with van der Waals surface area (Å²) in [5, 5.41) is 12.4. The fourth-order valence-corrected chi connectivity index (χ4v) is 3.15. The van der Waals surface area contributed by atoms with Gasteiger partial charge in [0.05, 0.1) is 5.92 Å². The fourth-order valence-electron chi connectivity index (χ4n) is 3.15. The Morgan fingerprint density at radius 3 is 2.12 bits per heavy atom. The van der Waals surface area contributed by atoms with Crippen LogP contribution in [-0.2, 0) is 4.79 Å². The number of hydrogen-bond donors (Lipinski definition) is 2. The van der Waals surface area contributed by atoms with Gasteiger partial charge >= 0.3 is 5.97 Å². The first kappa shape index (κ1) is 11.9. The topological polar surface area (TPSA) is 49.3 Å². The summed E-state index contributed by atoms with van der Waals surface area (Å²) < 4.78 is 0. The van der Waals surface area contributed by atoms with Crippen LogP contribution in [0.1, 0.15) is 40.5 Å². The van der Waals surface area contributed by atoms with Crippen LogP contribution in [0.3, 0.4) is 0 Å². The summed E-state index contributed by atoms with van der Waals surface area (Å²) in [6.45, 7) is 10.2. The predicted molar refractivity (Wildman–Crippen MR) is 63.2 cm³/mol. The molecule has 2 fully saturated rings. The van der Waals surface area contributed by atoms with E-state index >= 15 is 0 Å². The van der Waals surface area contributed by atoms with Gasteiger partial charge in [-0.25, -0.2) is 0 Å². The van der Waals surface area contributed by atoms with Crippen molar-refractivity contribution in [3.63, 3.8) is 0 Å². The maximum Gasteiger partial charge on any atom is 0.308 e. The molecule has 0 amide bonds. The van der Waals surface area contributed by atoms with E-state index in [1.54, 1.807) is 0 Å². The van der Waals surface area contributed by atoms with Crippen molar-refractivity contribution in [1.29, 1.82) is 0 Å². The number of carbonyl (C=O) groups is 1. The van der Waals surface area contributed by atoms with Crippen LogP contribution in [-0.4, -0.2) is 23.7 Å². The molecule has 0 spiro atoms. The molecule has 2 rings (SSSR count). The van der Waals surface area contributed by atoms with E-state index in [9.17, 15) is 4.79 Å². The van der Waals surface area contributed by atoms with E-state index in [4.69, 9.17) is 5.11 Å². The molecular formula is C13H23NO2. The Morgan fingerprint density at radius 1 is 1.25 bits per heavy atom. The molecule has 2 aliphatic carbocycles. The first-order chi connectivity index (χ1) is 7.28. The molecule has 0 bridgehead atoms. The molecular weight excluding hydrogens is 202 g/mol. The molecule has 0 aromatic rings. The standard InChI is InChI=1S/C13H23NO2/c1-12(2)10(13(12,3)4)7-14-9-6-5-8(9)11(15)16/h8-10,14H,5-7H2,1-4H3,(H,15,16). The van der Waals surface area contributed by atoms with Crippen molar-refractivity contribution in [2.45, 2.75) is 46.6 Å². The minimum atomic E-state index is -0.641. The van der Waals surface area contributed by atoms with E-state index in [-0.39, 0.29) is 12.0 Å². The van der Waals surface area contributed by atoms with Crippen molar-refractivity contribution in [1.82, 2.24) is 5.32 Å². The molecule has 0 saturated heterocycles. The van der Waals surface area contributed by atoms with Crippen molar-refractivity contribution in [2.24, 2.45) is 22.7 Å². The van der Waals surface area contributed by atoms with Gasteiger partial charge in [0.2, 0.25) is 0 Å². The Labute approximate surface area is 97.6 Å². The minimum Gasteiger partial charge on any atom is -0.481 e. The highest BCUT2D eigenvalue weighted by molar-refractivity contribution is 5.72. The monoisotopic (exact) mass is 225 g/mol. The summed E-state index contributed by atoms with van der Waals surface area (Å²) in [5.74, 6) is -0.113. The van der Waals surface area contributed by atoms with Gasteiger partial charge in [-0.15, -0.1) is 0 Å². The third-order valence-electron chi connectivity index (χ3n) is 5.50. The van der Waals surface area contributed by atoms with Crippen LogP contribution in [0.4, 0.5) is 0 Å². The third-order valence-corrected chi connectivity index (χ3v) is 5.50. The quantitative estimate of drug-likeness (QED) is 0.770. The zero-order chi connectivity index (χ0) is 12.1. The normalized spacial score (nSPS) is 35.5. The average Bonchev–Trinajstić information content (AvgIpc) is 2.44. The van der Waals surface area contributed by atoms with E-state index in [0.717, 1.165) is 19.4 Å². The highest BCUT2D eigenvalue weighted by Gasteiger charge is 2.64. The highest BCUT2D eigenvalue weighted by Crippen LogP contribution is 2.68. The van der Waals surface area contributed by atoms with E-state index in [1.807, 2.05) is 0 Å². The third kappa shape index (κ3) is 1.56. The lowest BCUT2D eigenvalue weighted by Crippen LogP contribution is -2.48. The first-order valence-corrected chi connectivity index (χ1v) is 6.24. The van der Waals surface area contributed by atoms with Gasteiger partial charge in [0.1, 0.15) is 0 Å². The Bertz CT molecular complexity index is 295. The van der Waals surface area contributed by atoms with Crippen LogP contribution < -0.4 is 5.32 Å². The molecule has 3 heteroatoms. The largest absolute Gasteiger partial charge is 0.481 e. The van der Waals surface area contributed by atoms with Gasteiger partial charge < -0.3 is 10.4 Å². The molecule has 2 N–H and O–H groups in total. The first-order valence-electron chi connectivity index (χ1n) is 6.24. The molecule has 0 aliphatic heterocycles. The summed E-state index contributed by atoms with van der Waals surface area (Å²) in [7, 11) is 0. The summed E-state index contributed by atoms with van der Waals surface area (Å²) in [6, 6.07) is 0.213. The van der Waals surface area contributed by atoms with Gasteiger partial charge in [0.25, 0.3) is 0 Å². The Kier molecular flexibility index (Phi) is 2.57. The molecule has 92 valence electrons. The number of rotatable bonds is 4. The second-order valence-corrected chi connectivity index (χ2v) is 6.53. The van der Waals surface area contributed by atoms with Gasteiger partial charge in [0.15, 0.2) is 0 Å². The summed E-state index contributed by atoms with van der Waals surface area (Å²) in [5.41, 5.74) is 0.783. The number of nitrogens with one attached hydrogen (secondary N) is 1. The van der Waals surface area contributed by atoms with Crippen LogP contribution in [0.5, 0.6) is 0 Å². The lowest BCUT2D eigenvalue weighted by atomic mass is 9.79. The second kappa shape index (κ2) is 3.46. The fraction of sp³-hybridized carbons (Fsp3) is 0.923. The Balaban J connectivity index is 1.80. The Morgan fingerprint density at radius 2 is 1.81 bits per heavy atom. The summed E-state index contributed by atoms with van der Waals surface area (Å²) in [6.07, 6.45) is 1.86. The van der Waals surface area contributed by atoms with Crippen molar-refractivity contribution < 1.29 is 9.90 Å². The lowest BCUT2D eigenvalue weighted by Gasteiger charge is -2.34. The van der Waals surface area contributed by atoms with E-state index in [0.29, 0.717) is 16.7 Å². The van der Waals surface area contributed by atoms with Crippen LogP contribution in [0, 0.1) is 22.7 Å². The van der Waals surface area contributed by atoms with Crippen LogP contribution >= 0.6 is 0 Å². The van der Waals surface area contributed by atoms with Crippen LogP contribution in [0.25, 0.3) is 0 Å². The molecule has 0 heterocycles. The van der Waals surface area contributed by atoms with Crippen molar-refractivity contribution in [3.05, 3.63) is 0 Å². The van der Waals surface area contributed by atoms with Gasteiger partial charge in [-0.3, -0.25) is 4.79 Å². The minimum absolute atomic E-state index is 0.148. The molecule has 0 aromatic heterocycles. The highest BCUT2D eigenvalue weighted by atomic mass is 16.4. The smallest absolute Gasteiger partial charge is 0.308 e. The lowest BCUT2D eigenvalue weighted by molar-refractivity contribution is -0.146. The molecule has 2 atom stereocenters. The molecule has 16 heavy (non-hydrogen) atoms. The van der Waals surface area contributed by atoms with Gasteiger partial charge in [-0.1, -0.05) is 27.7 Å². The Hall–Kier alpha value is -0.570. The molecule has 2 aliphatic rings. The molecule has 3 nitrogen and oxygen atoms in total. The van der Waals surface area contributed by atoms with Gasteiger partial charge in [-0.2, -0.15) is 0 Å². The second-order valence-electron chi connectivity index (χ2n) is 6.53. The van der Waals surface area contributed by atoms with Gasteiger partial charge in [0, 0.05) is 6.04 Å². The maximum absolute atomic E-state index is 10.9. The number of hydrogen-bond acceptors (Lipinski definition) is 2. The van der Waals surface area contributed by atoms with Crippen LogP contribution in [0.2, 0.25) is 0 Å². The van der Waals surface area contributed by atoms with Gasteiger partial charge in [-0.05, 0) is 36.1 Å². The van der Waals surface area contributed by atoms with Crippen LogP contribution in [0.15, 0.2) is 0 Å². The number of aliphatic carboxylic acids is 1. The molecule has 2 unspecified atom stereocenters. The maximum atomic E-state index is 10.9. The summed E-state index contributed by atoms with van der Waals surface area (Å²) in [4.78, 5) is 10.9. The van der Waals surface area contributed by atoms with Crippen molar-refractivity contribution in [3.8, 4) is 0 Å². The SMILES string of the molecule is CC1(C)C(CNC2CCC2C(=O)O)C1(C)C. The predicted octanol–water partition coefficient (Wildman–Crippen LogP) is 2.12. The summed E-state index contributed by atoms with van der Waals surface area (Å²) >= 11 is 0. The number of carboxylic acid groups (broad SMARTS) is 1. The van der Waals surface area contributed by atoms with Crippen molar-refractivity contribution >= 4 is 5.97 Å². The molecule has 0 aromatic carbocycles. The average molecular weight is 225 g/mol. The van der Waals surface area contributed by atoms with Crippen molar-refractivity contribution in [2.75, 3.05) is 6.54 Å². The van der Waals surface area contributed by atoms with E-state index < -0.39 is 5.97 Å².